The number of aromatic nitrogens is 2. The lowest BCUT2D eigenvalue weighted by molar-refractivity contribution is 0.409. The maximum absolute atomic E-state index is 9.33. The predicted molar refractivity (Wildman–Crippen MR) is 99.6 cm³/mol. The molecule has 0 saturated carbocycles. The van der Waals surface area contributed by atoms with Gasteiger partial charge < -0.3 is 10.1 Å². The number of benzene rings is 2. The third kappa shape index (κ3) is 2.44. The molecule has 4 rings (SSSR count). The van der Waals surface area contributed by atoms with Crippen LogP contribution < -0.4 is 20.5 Å². The number of H-pyrrole nitrogens is 1. The summed E-state index contributed by atoms with van der Waals surface area (Å²) in [7, 11) is 1.67. The maximum Gasteiger partial charge on any atom is 0.126 e. The van der Waals surface area contributed by atoms with Crippen LogP contribution in [0.2, 0.25) is 0 Å². The highest BCUT2D eigenvalue weighted by atomic mass is 16.5. The molecule has 0 aliphatic carbocycles. The normalized spacial score (nSPS) is 17.9. The largest absolute Gasteiger partial charge is 0.496 e. The van der Waals surface area contributed by atoms with Crippen molar-refractivity contribution >= 4 is 12.3 Å². The van der Waals surface area contributed by atoms with Crippen molar-refractivity contribution < 1.29 is 4.74 Å². The van der Waals surface area contributed by atoms with Gasteiger partial charge in [0.25, 0.3) is 0 Å². The Morgan fingerprint density at radius 2 is 2.00 bits per heavy atom. The van der Waals surface area contributed by atoms with E-state index in [0.29, 0.717) is 5.56 Å². The number of hydrogen-bond acceptors (Lipinski definition) is 4. The number of rotatable bonds is 3. The van der Waals surface area contributed by atoms with Gasteiger partial charge in [-0.25, -0.2) is 0 Å². The summed E-state index contributed by atoms with van der Waals surface area (Å²) in [6.07, 6.45) is 4.09. The van der Waals surface area contributed by atoms with Crippen LogP contribution in [0.3, 0.4) is 0 Å². The first-order valence-electron chi connectivity index (χ1n) is 8.33. The van der Waals surface area contributed by atoms with Crippen LogP contribution in [0.5, 0.6) is 5.75 Å². The average Bonchev–Trinajstić information content (AvgIpc) is 3.14. The molecule has 5 nitrogen and oxygen atoms in total. The first-order valence-corrected chi connectivity index (χ1v) is 8.33. The van der Waals surface area contributed by atoms with Gasteiger partial charge in [-0.2, -0.15) is 10.4 Å². The van der Waals surface area contributed by atoms with E-state index in [-0.39, 0.29) is 0 Å². The Morgan fingerprint density at radius 3 is 2.73 bits per heavy atom. The number of nitrogens with one attached hydrogen (secondary N) is 2. The van der Waals surface area contributed by atoms with E-state index >= 15 is 0 Å². The fourth-order valence-corrected chi connectivity index (χ4v) is 3.39. The lowest BCUT2D eigenvalue weighted by Crippen LogP contribution is -2.47. The summed E-state index contributed by atoms with van der Waals surface area (Å²) in [5, 5.41) is 22.4. The molecule has 1 unspecified atom stereocenters. The van der Waals surface area contributed by atoms with Gasteiger partial charge in [-0.15, -0.1) is 0 Å². The van der Waals surface area contributed by atoms with Crippen LogP contribution in [-0.2, 0) is 5.54 Å². The fourth-order valence-electron chi connectivity index (χ4n) is 3.39. The molecule has 26 heavy (non-hydrogen) atoms. The van der Waals surface area contributed by atoms with Crippen molar-refractivity contribution in [2.24, 2.45) is 0 Å². The fraction of sp³-hybridized carbons (Fsp3) is 0.143. The second-order valence-electron chi connectivity index (χ2n) is 6.33. The van der Waals surface area contributed by atoms with Crippen molar-refractivity contribution in [3.8, 4) is 11.8 Å². The van der Waals surface area contributed by atoms with E-state index in [0.717, 1.165) is 33.1 Å². The molecule has 0 fully saturated rings. The van der Waals surface area contributed by atoms with Gasteiger partial charge in [-0.1, -0.05) is 24.3 Å². The molecule has 2 heterocycles. The second-order valence-corrected chi connectivity index (χ2v) is 6.33. The van der Waals surface area contributed by atoms with Crippen LogP contribution in [0.4, 0.5) is 0 Å². The number of methoxy groups -OCH3 is 1. The molecule has 0 amide bonds. The Labute approximate surface area is 151 Å². The van der Waals surface area contributed by atoms with E-state index in [1.165, 1.54) is 0 Å². The molecular formula is C21H18N4O. The minimum absolute atomic E-state index is 0.607. The highest BCUT2D eigenvalue weighted by Gasteiger charge is 2.35. The molecule has 0 saturated heterocycles. The van der Waals surface area contributed by atoms with Crippen LogP contribution >= 0.6 is 0 Å². The second kappa shape index (κ2) is 6.08. The van der Waals surface area contributed by atoms with Crippen molar-refractivity contribution in [3.63, 3.8) is 0 Å². The van der Waals surface area contributed by atoms with E-state index in [4.69, 9.17) is 4.74 Å². The topological polar surface area (TPSA) is 73.7 Å². The van der Waals surface area contributed by atoms with E-state index in [1.54, 1.807) is 13.2 Å². The van der Waals surface area contributed by atoms with Crippen molar-refractivity contribution in [2.45, 2.75) is 12.5 Å². The third-order valence-corrected chi connectivity index (χ3v) is 4.69. The van der Waals surface area contributed by atoms with Crippen LogP contribution in [0.15, 0.2) is 48.5 Å². The number of hydrogen-bond donors (Lipinski definition) is 2. The van der Waals surface area contributed by atoms with Crippen molar-refractivity contribution in [2.75, 3.05) is 7.11 Å². The summed E-state index contributed by atoms with van der Waals surface area (Å²) < 4.78 is 5.57. The molecule has 2 N–H and O–H groups in total. The summed E-state index contributed by atoms with van der Waals surface area (Å²) >= 11 is 0. The SMILES string of the molecule is COc1cccc2c1=CC(c1cccc(C#N)c1)(c1cc(C)[nH]n1)NC=2. The Balaban J connectivity index is 2.05. The summed E-state index contributed by atoms with van der Waals surface area (Å²) in [4.78, 5) is 0. The lowest BCUT2D eigenvalue weighted by Gasteiger charge is -2.32. The average molecular weight is 342 g/mol. The minimum atomic E-state index is -0.695. The summed E-state index contributed by atoms with van der Waals surface area (Å²) in [6.45, 7) is 1.97. The van der Waals surface area contributed by atoms with Crippen LogP contribution in [0.25, 0.3) is 12.3 Å². The minimum Gasteiger partial charge on any atom is -0.496 e. The molecule has 0 bridgehead atoms. The number of nitrogens with zero attached hydrogens (tertiary/aromatic N) is 2. The maximum atomic E-state index is 9.33. The number of fused-ring (bicyclic) bond motifs is 1. The Kier molecular flexibility index (Phi) is 3.74. The van der Waals surface area contributed by atoms with Gasteiger partial charge in [0.15, 0.2) is 0 Å². The highest BCUT2D eigenvalue weighted by molar-refractivity contribution is 5.61. The van der Waals surface area contributed by atoms with Crippen molar-refractivity contribution in [3.05, 3.63) is 81.5 Å². The van der Waals surface area contributed by atoms with Gasteiger partial charge in [0.05, 0.1) is 24.4 Å². The predicted octanol–water partition coefficient (Wildman–Crippen LogP) is 1.66. The molecular weight excluding hydrogens is 324 g/mol. The quantitative estimate of drug-likeness (QED) is 0.759. The Hall–Kier alpha value is -3.52. The van der Waals surface area contributed by atoms with E-state index in [2.05, 4.69) is 27.7 Å². The zero-order valence-corrected chi connectivity index (χ0v) is 14.6. The monoisotopic (exact) mass is 342 g/mol. The molecule has 3 aromatic rings. The van der Waals surface area contributed by atoms with Crippen LogP contribution in [0.1, 0.15) is 22.5 Å². The summed E-state index contributed by atoms with van der Waals surface area (Å²) in [5.74, 6) is 0.799. The Bertz CT molecular complexity index is 1140. The van der Waals surface area contributed by atoms with Crippen molar-refractivity contribution in [1.29, 1.82) is 5.26 Å². The molecule has 2 aromatic carbocycles. The molecule has 128 valence electrons. The van der Waals surface area contributed by atoms with E-state index in [9.17, 15) is 5.26 Å². The van der Waals surface area contributed by atoms with Crippen LogP contribution in [-0.4, -0.2) is 17.3 Å². The smallest absolute Gasteiger partial charge is 0.126 e. The molecule has 0 radical (unpaired) electrons. The summed E-state index contributed by atoms with van der Waals surface area (Å²) in [6, 6.07) is 17.8. The molecule has 1 atom stereocenters. The first-order chi connectivity index (χ1) is 12.7. The van der Waals surface area contributed by atoms with Crippen LogP contribution in [0, 0.1) is 18.3 Å². The molecule has 1 aromatic heterocycles. The van der Waals surface area contributed by atoms with Gasteiger partial charge in [-0.3, -0.25) is 5.10 Å². The lowest BCUT2D eigenvalue weighted by atomic mass is 9.83. The van der Waals surface area contributed by atoms with Crippen molar-refractivity contribution in [1.82, 2.24) is 15.5 Å². The van der Waals surface area contributed by atoms with Gasteiger partial charge in [0.1, 0.15) is 11.3 Å². The zero-order valence-electron chi connectivity index (χ0n) is 14.6. The first kappa shape index (κ1) is 16.0. The number of nitriles is 1. The van der Waals surface area contributed by atoms with E-state index in [1.807, 2.05) is 55.6 Å². The number of aromatic amines is 1. The molecule has 1 aliphatic heterocycles. The molecule has 0 spiro atoms. The van der Waals surface area contributed by atoms with Gasteiger partial charge in [0, 0.05) is 22.3 Å². The van der Waals surface area contributed by atoms with Gasteiger partial charge in [0.2, 0.25) is 0 Å². The van der Waals surface area contributed by atoms with Gasteiger partial charge >= 0.3 is 0 Å². The highest BCUT2D eigenvalue weighted by Crippen LogP contribution is 2.32. The molecule has 5 heteroatoms. The zero-order chi connectivity index (χ0) is 18.1. The number of ether oxygens (including phenoxy) is 1. The summed E-state index contributed by atoms with van der Waals surface area (Å²) in [5.41, 5.74) is 2.65. The molecule has 1 aliphatic rings. The van der Waals surface area contributed by atoms with E-state index < -0.39 is 5.54 Å². The third-order valence-electron chi connectivity index (χ3n) is 4.69. The Morgan fingerprint density at radius 1 is 1.15 bits per heavy atom. The number of aryl methyl sites for hydroxylation is 1. The van der Waals surface area contributed by atoms with Gasteiger partial charge in [-0.05, 0) is 42.8 Å². The standard InChI is InChI=1S/C21H18N4O/c1-14-9-20(25-24-14)21(17-7-3-5-15(10-17)12-22)11-18-16(13-23-21)6-4-8-19(18)26-2/h3-11,13,23H,1-2H3,(H,24,25).